The Morgan fingerprint density at radius 2 is 0.672 bits per heavy atom. The van der Waals surface area contributed by atoms with E-state index in [1.54, 1.807) is 0 Å². The van der Waals surface area contributed by atoms with Crippen LogP contribution in [0.5, 0.6) is 0 Å². The normalized spacial score (nSPS) is 12.4. The van der Waals surface area contributed by atoms with Crippen LogP contribution in [-0.4, -0.2) is 37.2 Å². The Hall–Kier alpha value is -2.63. The number of allylic oxidation sites excluding steroid dienone is 8. The third-order valence-electron chi connectivity index (χ3n) is 11.3. The average molecular weight is 855 g/mol. The van der Waals surface area contributed by atoms with E-state index in [9.17, 15) is 14.4 Å². The van der Waals surface area contributed by atoms with Gasteiger partial charge in [-0.15, -0.1) is 0 Å². The molecule has 6 heteroatoms. The highest BCUT2D eigenvalue weighted by molar-refractivity contribution is 5.71. The van der Waals surface area contributed by atoms with E-state index in [0.29, 0.717) is 19.3 Å². The van der Waals surface area contributed by atoms with Gasteiger partial charge >= 0.3 is 17.9 Å². The first-order chi connectivity index (χ1) is 30.0. The quantitative estimate of drug-likeness (QED) is 0.0263. The summed E-state index contributed by atoms with van der Waals surface area (Å²) in [6, 6.07) is 0. The smallest absolute Gasteiger partial charge is 0.306 e. The summed E-state index contributed by atoms with van der Waals surface area (Å²) in [4.78, 5) is 37.9. The standard InChI is InChI=1S/C55H98O6/c1-4-7-10-13-16-19-22-24-26-27-28-30-31-33-36-39-42-45-48-54(57)60-51-52(50-59-53(56)47-44-41-38-35-21-18-15-12-9-6-3)61-55(58)49-46-43-40-37-34-32-29-25-23-20-17-14-11-8-5-2/h8,11-12,15,17,20,25,29,52H,4-7,9-10,13-14,16,18-19,21-24,26-28,30-51H2,1-3H3/b11-8-,15-12-,20-17-,29-25-. The number of unbranched alkanes of at least 4 members (excludes halogenated alkanes) is 28. The lowest BCUT2D eigenvalue weighted by Crippen LogP contribution is -2.30. The Labute approximate surface area is 378 Å². The van der Waals surface area contributed by atoms with Crippen LogP contribution in [0.15, 0.2) is 48.6 Å². The minimum atomic E-state index is -0.782. The molecule has 0 aromatic heterocycles. The van der Waals surface area contributed by atoms with Gasteiger partial charge in [0.25, 0.3) is 0 Å². The lowest BCUT2D eigenvalue weighted by Gasteiger charge is -2.18. The first-order valence-electron chi connectivity index (χ1n) is 26.1. The first-order valence-corrected chi connectivity index (χ1v) is 26.1. The minimum Gasteiger partial charge on any atom is -0.462 e. The van der Waals surface area contributed by atoms with Crippen LogP contribution in [0.2, 0.25) is 0 Å². The van der Waals surface area contributed by atoms with Crippen LogP contribution in [0.3, 0.4) is 0 Å². The molecule has 0 bridgehead atoms. The van der Waals surface area contributed by atoms with E-state index >= 15 is 0 Å². The van der Waals surface area contributed by atoms with Crippen molar-refractivity contribution < 1.29 is 28.6 Å². The van der Waals surface area contributed by atoms with E-state index < -0.39 is 6.10 Å². The van der Waals surface area contributed by atoms with Crippen LogP contribution in [0, 0.1) is 0 Å². The topological polar surface area (TPSA) is 78.9 Å². The Bertz CT molecular complexity index is 1070. The molecule has 0 fully saturated rings. The predicted molar refractivity (Wildman–Crippen MR) is 261 cm³/mol. The molecule has 0 heterocycles. The van der Waals surface area contributed by atoms with Crippen molar-refractivity contribution in [2.45, 2.75) is 271 Å². The van der Waals surface area contributed by atoms with Crippen molar-refractivity contribution in [3.8, 4) is 0 Å². The Morgan fingerprint density at radius 3 is 1.08 bits per heavy atom. The van der Waals surface area contributed by atoms with Gasteiger partial charge in [-0.2, -0.15) is 0 Å². The fourth-order valence-electron chi connectivity index (χ4n) is 7.40. The van der Waals surface area contributed by atoms with E-state index in [0.717, 1.165) is 109 Å². The van der Waals surface area contributed by atoms with Gasteiger partial charge in [0.2, 0.25) is 0 Å². The summed E-state index contributed by atoms with van der Waals surface area (Å²) < 4.78 is 16.8. The number of hydrogen-bond donors (Lipinski definition) is 0. The number of hydrogen-bond acceptors (Lipinski definition) is 6. The zero-order chi connectivity index (χ0) is 44.4. The van der Waals surface area contributed by atoms with Gasteiger partial charge in [0.15, 0.2) is 6.10 Å². The average Bonchev–Trinajstić information content (AvgIpc) is 3.26. The largest absolute Gasteiger partial charge is 0.462 e. The lowest BCUT2D eigenvalue weighted by atomic mass is 10.0. The van der Waals surface area contributed by atoms with Gasteiger partial charge < -0.3 is 14.2 Å². The van der Waals surface area contributed by atoms with Crippen LogP contribution in [0.25, 0.3) is 0 Å². The van der Waals surface area contributed by atoms with E-state index in [1.807, 2.05) is 0 Å². The molecule has 0 saturated heterocycles. The highest BCUT2D eigenvalue weighted by Gasteiger charge is 2.19. The van der Waals surface area contributed by atoms with Crippen LogP contribution >= 0.6 is 0 Å². The van der Waals surface area contributed by atoms with Gasteiger partial charge in [0, 0.05) is 19.3 Å². The molecule has 0 aliphatic carbocycles. The fraction of sp³-hybridized carbons (Fsp3) is 0.800. The molecule has 0 spiro atoms. The summed E-state index contributed by atoms with van der Waals surface area (Å²) in [7, 11) is 0. The summed E-state index contributed by atoms with van der Waals surface area (Å²) in [5.74, 6) is -0.901. The Balaban J connectivity index is 4.32. The van der Waals surface area contributed by atoms with Gasteiger partial charge in [-0.1, -0.05) is 223 Å². The second-order valence-corrected chi connectivity index (χ2v) is 17.4. The molecule has 6 nitrogen and oxygen atoms in total. The zero-order valence-corrected chi connectivity index (χ0v) is 40.4. The van der Waals surface area contributed by atoms with Gasteiger partial charge in [-0.25, -0.2) is 0 Å². The molecule has 1 unspecified atom stereocenters. The number of carbonyl (C=O) groups excluding carboxylic acids is 3. The fourth-order valence-corrected chi connectivity index (χ4v) is 7.40. The number of esters is 3. The van der Waals surface area contributed by atoms with Crippen LogP contribution in [0.1, 0.15) is 265 Å². The van der Waals surface area contributed by atoms with Crippen molar-refractivity contribution in [3.63, 3.8) is 0 Å². The monoisotopic (exact) mass is 855 g/mol. The molecule has 0 aliphatic heterocycles. The van der Waals surface area contributed by atoms with Crippen molar-refractivity contribution >= 4 is 17.9 Å². The van der Waals surface area contributed by atoms with Crippen LogP contribution in [-0.2, 0) is 28.6 Å². The van der Waals surface area contributed by atoms with Crippen LogP contribution < -0.4 is 0 Å². The molecule has 0 rings (SSSR count). The molecule has 0 radical (unpaired) electrons. The Kier molecular flexibility index (Phi) is 47.9. The molecule has 0 aromatic carbocycles. The summed E-state index contributed by atoms with van der Waals surface area (Å²) in [6.07, 6.45) is 59.6. The maximum atomic E-state index is 12.8. The molecule has 0 aliphatic rings. The summed E-state index contributed by atoms with van der Waals surface area (Å²) in [5, 5.41) is 0. The SMILES string of the molecule is CC/C=C\C/C=C\C/C=C\CCCCCCCC(=O)OC(COC(=O)CCCCCCC/C=C\CCC)COC(=O)CCCCCCCCCCCCCCCCCCCC. The first kappa shape index (κ1) is 58.4. The maximum Gasteiger partial charge on any atom is 0.306 e. The van der Waals surface area contributed by atoms with Gasteiger partial charge in [0.1, 0.15) is 13.2 Å². The van der Waals surface area contributed by atoms with Crippen molar-refractivity contribution in [2.75, 3.05) is 13.2 Å². The van der Waals surface area contributed by atoms with Crippen molar-refractivity contribution in [1.82, 2.24) is 0 Å². The third kappa shape index (κ3) is 48.3. The molecule has 1 atom stereocenters. The van der Waals surface area contributed by atoms with Crippen molar-refractivity contribution in [3.05, 3.63) is 48.6 Å². The summed E-state index contributed by atoms with van der Waals surface area (Å²) in [6.45, 7) is 6.46. The predicted octanol–water partition coefficient (Wildman–Crippen LogP) is 17.1. The zero-order valence-electron chi connectivity index (χ0n) is 40.4. The minimum absolute atomic E-state index is 0.0805. The molecule has 354 valence electrons. The second kappa shape index (κ2) is 50.0. The third-order valence-corrected chi connectivity index (χ3v) is 11.3. The molecular weight excluding hydrogens is 757 g/mol. The maximum absolute atomic E-state index is 12.8. The number of rotatable bonds is 47. The molecule has 0 amide bonds. The summed E-state index contributed by atoms with van der Waals surface area (Å²) >= 11 is 0. The molecule has 0 aromatic rings. The van der Waals surface area contributed by atoms with E-state index in [4.69, 9.17) is 14.2 Å². The highest BCUT2D eigenvalue weighted by atomic mass is 16.6. The van der Waals surface area contributed by atoms with E-state index in [1.165, 1.54) is 116 Å². The number of ether oxygens (including phenoxy) is 3. The summed E-state index contributed by atoms with van der Waals surface area (Å²) in [5.41, 5.74) is 0. The Morgan fingerprint density at radius 1 is 0.344 bits per heavy atom. The van der Waals surface area contributed by atoms with Crippen molar-refractivity contribution in [1.29, 1.82) is 0 Å². The van der Waals surface area contributed by atoms with Gasteiger partial charge in [-0.05, 0) is 70.6 Å². The molecule has 0 saturated carbocycles. The molecule has 61 heavy (non-hydrogen) atoms. The molecule has 0 N–H and O–H groups in total. The van der Waals surface area contributed by atoms with Crippen molar-refractivity contribution in [2.24, 2.45) is 0 Å². The van der Waals surface area contributed by atoms with Gasteiger partial charge in [0.05, 0.1) is 0 Å². The van der Waals surface area contributed by atoms with E-state index in [-0.39, 0.29) is 31.1 Å². The lowest BCUT2D eigenvalue weighted by molar-refractivity contribution is -0.167. The van der Waals surface area contributed by atoms with Crippen LogP contribution in [0.4, 0.5) is 0 Å². The second-order valence-electron chi connectivity index (χ2n) is 17.4. The van der Waals surface area contributed by atoms with E-state index in [2.05, 4.69) is 69.4 Å². The van der Waals surface area contributed by atoms with Gasteiger partial charge in [-0.3, -0.25) is 14.4 Å². The molecular formula is C55H98O6. The highest BCUT2D eigenvalue weighted by Crippen LogP contribution is 2.16. The number of carbonyl (C=O) groups is 3.